The minimum Gasteiger partial charge on any atom is -0.316 e. The van der Waals surface area contributed by atoms with E-state index in [1.807, 2.05) is 11.8 Å². The highest BCUT2D eigenvalue weighted by Gasteiger charge is 2.13. The van der Waals surface area contributed by atoms with E-state index >= 15 is 0 Å². The minimum atomic E-state index is 0.255. The van der Waals surface area contributed by atoms with Crippen LogP contribution in [0.15, 0.2) is 0 Å². The van der Waals surface area contributed by atoms with E-state index in [4.69, 9.17) is 9.97 Å². The molecule has 1 rings (SSSR count). The van der Waals surface area contributed by atoms with Crippen molar-refractivity contribution in [2.45, 2.75) is 65.4 Å². The number of aromatic nitrogens is 2. The number of hydrogen-bond acceptors (Lipinski definition) is 4. The van der Waals surface area contributed by atoms with Crippen LogP contribution in [0.3, 0.4) is 0 Å². The summed E-state index contributed by atoms with van der Waals surface area (Å²) in [7, 11) is 0. The molecule has 0 aliphatic heterocycles. The summed E-state index contributed by atoms with van der Waals surface area (Å²) in [6.07, 6.45) is 1.01. The SMILES string of the molecule is Cc1nc(CSC(C)(C)C)nc(C)c1CCNCC(C)C. The van der Waals surface area contributed by atoms with E-state index in [0.29, 0.717) is 5.92 Å². The van der Waals surface area contributed by atoms with Gasteiger partial charge in [0.15, 0.2) is 0 Å². The van der Waals surface area contributed by atoms with Crippen LogP contribution >= 0.6 is 11.8 Å². The Bertz CT molecular complexity index is 427. The Morgan fingerprint density at radius 2 is 1.67 bits per heavy atom. The average Bonchev–Trinajstić information content (AvgIpc) is 2.33. The zero-order chi connectivity index (χ0) is 16.0. The largest absolute Gasteiger partial charge is 0.316 e. The van der Waals surface area contributed by atoms with E-state index in [-0.39, 0.29) is 4.75 Å². The molecule has 0 bridgehead atoms. The van der Waals surface area contributed by atoms with Crippen LogP contribution < -0.4 is 5.32 Å². The molecule has 0 aromatic carbocycles. The monoisotopic (exact) mass is 309 g/mol. The van der Waals surface area contributed by atoms with Crippen LogP contribution in [-0.4, -0.2) is 27.8 Å². The summed E-state index contributed by atoms with van der Waals surface area (Å²) in [4.78, 5) is 9.38. The second-order valence-electron chi connectivity index (χ2n) is 7.04. The van der Waals surface area contributed by atoms with E-state index in [2.05, 4.69) is 53.8 Å². The van der Waals surface area contributed by atoms with Gasteiger partial charge in [-0.15, -0.1) is 11.8 Å². The molecular formula is C17H31N3S. The van der Waals surface area contributed by atoms with Gasteiger partial charge in [-0.05, 0) is 44.8 Å². The van der Waals surface area contributed by atoms with Crippen LogP contribution in [0.2, 0.25) is 0 Å². The van der Waals surface area contributed by atoms with Gasteiger partial charge in [0.1, 0.15) is 5.82 Å². The molecule has 0 atom stereocenters. The lowest BCUT2D eigenvalue weighted by Gasteiger charge is -2.18. The fourth-order valence-electron chi connectivity index (χ4n) is 2.12. The molecule has 21 heavy (non-hydrogen) atoms. The van der Waals surface area contributed by atoms with Crippen LogP contribution in [0.4, 0.5) is 0 Å². The summed E-state index contributed by atoms with van der Waals surface area (Å²) >= 11 is 1.90. The Labute approximate surface area is 134 Å². The topological polar surface area (TPSA) is 37.8 Å². The number of hydrogen-bond donors (Lipinski definition) is 1. The molecule has 0 saturated carbocycles. The summed E-state index contributed by atoms with van der Waals surface area (Å²) < 4.78 is 0.255. The van der Waals surface area contributed by atoms with Gasteiger partial charge in [0, 0.05) is 16.1 Å². The highest BCUT2D eigenvalue weighted by atomic mass is 32.2. The molecule has 4 heteroatoms. The van der Waals surface area contributed by atoms with Crippen molar-refractivity contribution in [2.24, 2.45) is 5.92 Å². The predicted molar refractivity (Wildman–Crippen MR) is 94.0 cm³/mol. The molecule has 1 heterocycles. The number of nitrogens with one attached hydrogen (secondary N) is 1. The second-order valence-corrected chi connectivity index (χ2v) is 8.84. The van der Waals surface area contributed by atoms with Crippen molar-refractivity contribution in [3.05, 3.63) is 22.8 Å². The number of thioether (sulfide) groups is 1. The van der Waals surface area contributed by atoms with Gasteiger partial charge in [0.05, 0.1) is 5.75 Å². The van der Waals surface area contributed by atoms with Gasteiger partial charge in [-0.2, -0.15) is 0 Å². The van der Waals surface area contributed by atoms with Crippen molar-refractivity contribution < 1.29 is 0 Å². The first-order valence-electron chi connectivity index (χ1n) is 7.86. The maximum atomic E-state index is 4.69. The highest BCUT2D eigenvalue weighted by molar-refractivity contribution is 7.99. The van der Waals surface area contributed by atoms with E-state index in [1.54, 1.807) is 0 Å². The van der Waals surface area contributed by atoms with E-state index in [0.717, 1.165) is 42.5 Å². The third-order valence-electron chi connectivity index (χ3n) is 3.21. The molecule has 1 aromatic heterocycles. The Morgan fingerprint density at radius 3 is 2.14 bits per heavy atom. The molecular weight excluding hydrogens is 278 g/mol. The molecule has 0 aliphatic rings. The van der Waals surface area contributed by atoms with E-state index < -0.39 is 0 Å². The van der Waals surface area contributed by atoms with Gasteiger partial charge >= 0.3 is 0 Å². The molecule has 0 aliphatic carbocycles. The smallest absolute Gasteiger partial charge is 0.138 e. The Hall–Kier alpha value is -0.610. The standard InChI is InChI=1S/C17H31N3S/c1-12(2)10-18-9-8-15-13(3)19-16(20-14(15)4)11-21-17(5,6)7/h12,18H,8-11H2,1-7H3. The Balaban J connectivity index is 2.63. The molecule has 120 valence electrons. The van der Waals surface area contributed by atoms with E-state index in [9.17, 15) is 0 Å². The zero-order valence-electron chi connectivity index (χ0n) is 14.7. The van der Waals surface area contributed by atoms with Crippen molar-refractivity contribution in [1.29, 1.82) is 0 Å². The molecule has 3 nitrogen and oxygen atoms in total. The second kappa shape index (κ2) is 8.14. The molecule has 0 spiro atoms. The van der Waals surface area contributed by atoms with Gasteiger partial charge in [0.2, 0.25) is 0 Å². The van der Waals surface area contributed by atoms with Crippen molar-refractivity contribution in [2.75, 3.05) is 13.1 Å². The predicted octanol–water partition coefficient (Wildman–Crippen LogP) is 3.91. The van der Waals surface area contributed by atoms with Gasteiger partial charge < -0.3 is 5.32 Å². The lowest BCUT2D eigenvalue weighted by molar-refractivity contribution is 0.553. The lowest BCUT2D eigenvalue weighted by atomic mass is 10.1. The van der Waals surface area contributed by atoms with Gasteiger partial charge in [0.25, 0.3) is 0 Å². The summed E-state index contributed by atoms with van der Waals surface area (Å²) in [5, 5.41) is 3.49. The number of rotatable bonds is 7. The summed E-state index contributed by atoms with van der Waals surface area (Å²) in [6, 6.07) is 0. The van der Waals surface area contributed by atoms with Crippen LogP contribution in [0.5, 0.6) is 0 Å². The number of nitrogens with zero attached hydrogens (tertiary/aromatic N) is 2. The summed E-state index contributed by atoms with van der Waals surface area (Å²) in [5.41, 5.74) is 3.58. The van der Waals surface area contributed by atoms with Crippen molar-refractivity contribution in [1.82, 2.24) is 15.3 Å². The van der Waals surface area contributed by atoms with Crippen molar-refractivity contribution in [3.8, 4) is 0 Å². The molecule has 0 radical (unpaired) electrons. The van der Waals surface area contributed by atoms with Gasteiger partial charge in [-0.1, -0.05) is 34.6 Å². The van der Waals surface area contributed by atoms with Crippen molar-refractivity contribution >= 4 is 11.8 Å². The maximum absolute atomic E-state index is 4.69. The zero-order valence-corrected chi connectivity index (χ0v) is 15.5. The average molecular weight is 310 g/mol. The van der Waals surface area contributed by atoms with Gasteiger partial charge in [-0.25, -0.2) is 9.97 Å². The third-order valence-corrected chi connectivity index (χ3v) is 4.47. The first-order chi connectivity index (χ1) is 9.69. The third kappa shape index (κ3) is 7.28. The molecule has 0 saturated heterocycles. The molecule has 0 fully saturated rings. The summed E-state index contributed by atoms with van der Waals surface area (Å²) in [5.74, 6) is 2.54. The summed E-state index contributed by atoms with van der Waals surface area (Å²) in [6.45, 7) is 17.4. The van der Waals surface area contributed by atoms with Crippen LogP contribution in [0.25, 0.3) is 0 Å². The fraction of sp³-hybridized carbons (Fsp3) is 0.765. The molecule has 1 aromatic rings. The first kappa shape index (κ1) is 18.4. The van der Waals surface area contributed by atoms with Crippen LogP contribution in [-0.2, 0) is 12.2 Å². The molecule has 0 unspecified atom stereocenters. The normalized spacial score (nSPS) is 12.2. The molecule has 0 amide bonds. The lowest BCUT2D eigenvalue weighted by Crippen LogP contribution is -2.23. The minimum absolute atomic E-state index is 0.255. The highest BCUT2D eigenvalue weighted by Crippen LogP contribution is 2.26. The van der Waals surface area contributed by atoms with Gasteiger partial charge in [-0.3, -0.25) is 0 Å². The Morgan fingerprint density at radius 1 is 1.10 bits per heavy atom. The van der Waals surface area contributed by atoms with Crippen LogP contribution in [0, 0.1) is 19.8 Å². The Kier molecular flexibility index (Phi) is 7.14. The quantitative estimate of drug-likeness (QED) is 0.775. The first-order valence-corrected chi connectivity index (χ1v) is 8.85. The van der Waals surface area contributed by atoms with E-state index in [1.165, 1.54) is 5.56 Å². The molecule has 1 N–H and O–H groups in total. The van der Waals surface area contributed by atoms with Crippen LogP contribution in [0.1, 0.15) is 57.4 Å². The number of aryl methyl sites for hydroxylation is 2. The maximum Gasteiger partial charge on any atom is 0.138 e. The van der Waals surface area contributed by atoms with Crippen molar-refractivity contribution in [3.63, 3.8) is 0 Å². The fourth-order valence-corrected chi connectivity index (χ4v) is 2.81.